The van der Waals surface area contributed by atoms with Gasteiger partial charge in [-0.15, -0.1) is 11.3 Å². The Morgan fingerprint density at radius 3 is 2.82 bits per heavy atom. The maximum absolute atomic E-state index is 5.51. The molecule has 0 saturated heterocycles. The van der Waals surface area contributed by atoms with Gasteiger partial charge in [0.15, 0.2) is 0 Å². The molecular formula is C13H24N2OS. The molecule has 98 valence electrons. The van der Waals surface area contributed by atoms with Crippen LogP contribution in [0.4, 0.5) is 0 Å². The summed E-state index contributed by atoms with van der Waals surface area (Å²) in [7, 11) is 1.78. The summed E-state index contributed by atoms with van der Waals surface area (Å²) in [4.78, 5) is 4.36. The molecule has 0 aliphatic heterocycles. The van der Waals surface area contributed by atoms with Gasteiger partial charge in [-0.1, -0.05) is 6.92 Å². The summed E-state index contributed by atoms with van der Waals surface area (Å²) >= 11 is 1.73. The van der Waals surface area contributed by atoms with Crippen LogP contribution in [-0.2, 0) is 11.2 Å². The van der Waals surface area contributed by atoms with Gasteiger partial charge in [-0.05, 0) is 33.2 Å². The quantitative estimate of drug-likeness (QED) is 0.776. The summed E-state index contributed by atoms with van der Waals surface area (Å²) in [5, 5.41) is 6.82. The maximum atomic E-state index is 5.51. The normalized spacial score (nSPS) is 13.9. The third-order valence-corrected chi connectivity index (χ3v) is 3.68. The number of aromatic nitrogens is 1. The van der Waals surface area contributed by atoms with Crippen LogP contribution in [0.25, 0.3) is 0 Å². The van der Waals surface area contributed by atoms with E-state index in [0.717, 1.165) is 25.8 Å². The predicted molar refractivity (Wildman–Crippen MR) is 73.6 cm³/mol. The van der Waals surface area contributed by atoms with E-state index in [2.05, 4.69) is 31.1 Å². The number of hydrogen-bond acceptors (Lipinski definition) is 4. The first-order valence-corrected chi connectivity index (χ1v) is 7.12. The van der Waals surface area contributed by atoms with E-state index in [-0.39, 0.29) is 5.60 Å². The first kappa shape index (κ1) is 14.6. The molecule has 0 aromatic carbocycles. The first-order valence-electron chi connectivity index (χ1n) is 6.24. The van der Waals surface area contributed by atoms with Crippen LogP contribution in [0.1, 0.15) is 38.6 Å². The van der Waals surface area contributed by atoms with E-state index in [1.807, 2.05) is 11.6 Å². The van der Waals surface area contributed by atoms with E-state index in [1.54, 1.807) is 18.4 Å². The SMILES string of the molecule is CCCNC(Cc1nccs1)CC(C)(C)OC. The molecule has 4 heteroatoms. The predicted octanol–water partition coefficient (Wildman–Crippen LogP) is 2.87. The van der Waals surface area contributed by atoms with Crippen molar-refractivity contribution in [2.45, 2.75) is 51.7 Å². The van der Waals surface area contributed by atoms with Crippen LogP contribution in [0, 0.1) is 0 Å². The minimum absolute atomic E-state index is 0.0807. The fourth-order valence-corrected chi connectivity index (χ4v) is 2.50. The summed E-state index contributed by atoms with van der Waals surface area (Å²) < 4.78 is 5.51. The second-order valence-corrected chi connectivity index (χ2v) is 5.93. The number of nitrogens with one attached hydrogen (secondary N) is 1. The summed E-state index contributed by atoms with van der Waals surface area (Å²) in [6.07, 6.45) is 5.02. The molecule has 0 amide bonds. The first-order chi connectivity index (χ1) is 8.07. The molecule has 0 saturated carbocycles. The molecule has 17 heavy (non-hydrogen) atoms. The summed E-state index contributed by atoms with van der Waals surface area (Å²) in [6, 6.07) is 0.441. The number of nitrogens with zero attached hydrogens (tertiary/aromatic N) is 1. The molecule has 1 unspecified atom stereocenters. The van der Waals surface area contributed by atoms with Crippen molar-refractivity contribution in [3.05, 3.63) is 16.6 Å². The van der Waals surface area contributed by atoms with Crippen molar-refractivity contribution in [1.82, 2.24) is 10.3 Å². The molecule has 1 aromatic rings. The second kappa shape index (κ2) is 7.09. The molecule has 0 radical (unpaired) electrons. The van der Waals surface area contributed by atoms with Gasteiger partial charge in [0, 0.05) is 31.1 Å². The van der Waals surface area contributed by atoms with E-state index in [1.165, 1.54) is 5.01 Å². The van der Waals surface area contributed by atoms with Gasteiger partial charge in [-0.25, -0.2) is 4.98 Å². The lowest BCUT2D eigenvalue weighted by molar-refractivity contribution is 0.00714. The largest absolute Gasteiger partial charge is 0.379 e. The zero-order valence-corrected chi connectivity index (χ0v) is 12.1. The van der Waals surface area contributed by atoms with Gasteiger partial charge in [0.1, 0.15) is 0 Å². The molecule has 0 aliphatic rings. The van der Waals surface area contributed by atoms with Crippen molar-refractivity contribution < 1.29 is 4.74 Å². The van der Waals surface area contributed by atoms with Crippen molar-refractivity contribution in [2.24, 2.45) is 0 Å². The minimum Gasteiger partial charge on any atom is -0.379 e. The van der Waals surface area contributed by atoms with Crippen molar-refractivity contribution >= 4 is 11.3 Å². The number of methoxy groups -OCH3 is 1. The maximum Gasteiger partial charge on any atom is 0.0940 e. The van der Waals surface area contributed by atoms with Gasteiger partial charge in [0.25, 0.3) is 0 Å². The average Bonchev–Trinajstić information content (AvgIpc) is 2.78. The van der Waals surface area contributed by atoms with E-state index >= 15 is 0 Å². The monoisotopic (exact) mass is 256 g/mol. The Kier molecular flexibility index (Phi) is 6.09. The average molecular weight is 256 g/mol. The lowest BCUT2D eigenvalue weighted by Gasteiger charge is -2.28. The zero-order valence-electron chi connectivity index (χ0n) is 11.3. The van der Waals surface area contributed by atoms with Gasteiger partial charge in [-0.3, -0.25) is 0 Å². The van der Waals surface area contributed by atoms with Crippen molar-refractivity contribution in [3.63, 3.8) is 0 Å². The highest BCUT2D eigenvalue weighted by Crippen LogP contribution is 2.19. The number of ether oxygens (including phenoxy) is 1. The third kappa shape index (κ3) is 5.61. The number of thiazole rings is 1. The Morgan fingerprint density at radius 1 is 1.53 bits per heavy atom. The van der Waals surface area contributed by atoms with Gasteiger partial charge in [0.05, 0.1) is 10.6 Å². The van der Waals surface area contributed by atoms with Crippen molar-refractivity contribution in [1.29, 1.82) is 0 Å². The summed E-state index contributed by atoms with van der Waals surface area (Å²) in [5.41, 5.74) is -0.0807. The molecule has 0 fully saturated rings. The Bertz CT molecular complexity index is 298. The van der Waals surface area contributed by atoms with Crippen molar-refractivity contribution in [2.75, 3.05) is 13.7 Å². The fraction of sp³-hybridized carbons (Fsp3) is 0.769. The molecule has 0 bridgehead atoms. The van der Waals surface area contributed by atoms with Crippen molar-refractivity contribution in [3.8, 4) is 0 Å². The Balaban J connectivity index is 2.54. The van der Waals surface area contributed by atoms with E-state index in [0.29, 0.717) is 6.04 Å². The molecule has 0 aliphatic carbocycles. The highest BCUT2D eigenvalue weighted by molar-refractivity contribution is 7.09. The van der Waals surface area contributed by atoms with Crippen LogP contribution >= 0.6 is 11.3 Å². The smallest absolute Gasteiger partial charge is 0.0940 e. The standard InChI is InChI=1S/C13H24N2OS/c1-5-6-14-11(10-13(2,3)16-4)9-12-15-7-8-17-12/h7-8,11,14H,5-6,9-10H2,1-4H3. The van der Waals surface area contributed by atoms with E-state index in [4.69, 9.17) is 4.74 Å². The zero-order chi connectivity index (χ0) is 12.7. The van der Waals surface area contributed by atoms with Gasteiger partial charge in [-0.2, -0.15) is 0 Å². The molecule has 3 nitrogen and oxygen atoms in total. The lowest BCUT2D eigenvalue weighted by atomic mass is 9.96. The van der Waals surface area contributed by atoms with Crippen LogP contribution in [0.5, 0.6) is 0 Å². The third-order valence-electron chi connectivity index (χ3n) is 2.88. The highest BCUT2D eigenvalue weighted by Gasteiger charge is 2.23. The van der Waals surface area contributed by atoms with Crippen LogP contribution in [0.15, 0.2) is 11.6 Å². The fourth-order valence-electron chi connectivity index (χ4n) is 1.81. The summed E-state index contributed by atoms with van der Waals surface area (Å²) in [5.74, 6) is 0. The molecule has 0 spiro atoms. The van der Waals surface area contributed by atoms with Crippen LogP contribution in [-0.4, -0.2) is 30.3 Å². The van der Waals surface area contributed by atoms with E-state index in [9.17, 15) is 0 Å². The van der Waals surface area contributed by atoms with Gasteiger partial charge < -0.3 is 10.1 Å². The molecule has 1 N–H and O–H groups in total. The Morgan fingerprint density at radius 2 is 2.29 bits per heavy atom. The molecule has 1 rings (SSSR count). The van der Waals surface area contributed by atoms with Gasteiger partial charge in [0.2, 0.25) is 0 Å². The van der Waals surface area contributed by atoms with E-state index < -0.39 is 0 Å². The molecular weight excluding hydrogens is 232 g/mol. The Hall–Kier alpha value is -0.450. The topological polar surface area (TPSA) is 34.2 Å². The van der Waals surface area contributed by atoms with Crippen LogP contribution in [0.2, 0.25) is 0 Å². The van der Waals surface area contributed by atoms with Crippen LogP contribution in [0.3, 0.4) is 0 Å². The minimum atomic E-state index is -0.0807. The number of hydrogen-bond donors (Lipinski definition) is 1. The van der Waals surface area contributed by atoms with Gasteiger partial charge >= 0.3 is 0 Å². The number of rotatable bonds is 8. The summed E-state index contributed by atoms with van der Waals surface area (Å²) in [6.45, 7) is 7.51. The molecule has 1 heterocycles. The Labute approximate surface area is 109 Å². The molecule has 1 atom stereocenters. The van der Waals surface area contributed by atoms with Crippen LogP contribution < -0.4 is 5.32 Å². The lowest BCUT2D eigenvalue weighted by Crippen LogP contribution is -2.39. The molecule has 1 aromatic heterocycles. The second-order valence-electron chi connectivity index (χ2n) is 4.95. The highest BCUT2D eigenvalue weighted by atomic mass is 32.1.